The van der Waals surface area contributed by atoms with E-state index >= 15 is 0 Å². The molecular weight excluding hydrogens is 490 g/mol. The highest BCUT2D eigenvalue weighted by molar-refractivity contribution is 5.92. The molecule has 36 heavy (non-hydrogen) atoms. The first-order chi connectivity index (χ1) is 16.5. The highest BCUT2D eigenvalue weighted by Gasteiger charge is 2.42. The van der Waals surface area contributed by atoms with Gasteiger partial charge in [-0.15, -0.1) is 0 Å². The minimum Gasteiger partial charge on any atom is -0.444 e. The normalized spacial score (nSPS) is 13.4. The van der Waals surface area contributed by atoms with Crippen LogP contribution in [0.25, 0.3) is 6.08 Å². The summed E-state index contributed by atoms with van der Waals surface area (Å²) in [6.07, 6.45) is -8.31. The zero-order valence-electron chi connectivity index (χ0n) is 20.0. The summed E-state index contributed by atoms with van der Waals surface area (Å²) in [5, 5.41) is 4.33. The highest BCUT2D eigenvalue weighted by atomic mass is 19.4. The molecule has 0 saturated heterocycles. The Bertz CT molecular complexity index is 1120. The van der Waals surface area contributed by atoms with E-state index in [9.17, 15) is 35.9 Å². The van der Waals surface area contributed by atoms with Crippen LogP contribution in [-0.2, 0) is 22.3 Å². The Kier molecular flexibility index (Phi) is 8.82. The van der Waals surface area contributed by atoms with Crippen LogP contribution >= 0.6 is 0 Å². The van der Waals surface area contributed by atoms with Crippen molar-refractivity contribution in [2.45, 2.75) is 58.2 Å². The number of carbonyl (C=O) groups excluding carboxylic acids is 2. The molecule has 0 spiro atoms. The Balaban J connectivity index is 2.10. The first kappa shape index (κ1) is 28.7. The summed E-state index contributed by atoms with van der Waals surface area (Å²) in [4.78, 5) is 24.0. The monoisotopic (exact) mass is 516 g/mol. The third kappa shape index (κ3) is 8.94. The summed E-state index contributed by atoms with van der Waals surface area (Å²) in [5.41, 5.74) is -0.658. The Labute approximate surface area is 204 Å². The highest BCUT2D eigenvalue weighted by Crippen LogP contribution is 2.36. The van der Waals surface area contributed by atoms with E-state index < -0.39 is 47.1 Å². The lowest BCUT2D eigenvalue weighted by molar-refractivity contribution is -0.162. The van der Waals surface area contributed by atoms with E-state index in [0.717, 1.165) is 29.3 Å². The average Bonchev–Trinajstić information content (AvgIpc) is 2.73. The molecular formula is C25H26F6N2O3. The van der Waals surface area contributed by atoms with E-state index in [1.165, 1.54) is 6.08 Å². The van der Waals surface area contributed by atoms with Crippen LogP contribution in [0.15, 0.2) is 48.5 Å². The standard InChI is InChI=1S/C25H26F6N2O3/c1-15-12-16(8-10-18(15)14-32-22(35)36-23(2,3)4)9-11-20(34)33-21(25(29,30)31)17-6-5-7-19(13-17)24(26,27)28/h5-13,21H,14H2,1-4H3,(H,32,35)(H,33,34)/b11-9+. The van der Waals surface area contributed by atoms with Crippen LogP contribution in [0, 0.1) is 6.92 Å². The van der Waals surface area contributed by atoms with Crippen molar-refractivity contribution < 1.29 is 40.7 Å². The molecule has 0 fully saturated rings. The molecule has 1 unspecified atom stereocenters. The number of alkyl halides is 6. The van der Waals surface area contributed by atoms with Gasteiger partial charge < -0.3 is 15.4 Å². The van der Waals surface area contributed by atoms with Gasteiger partial charge in [0.05, 0.1) is 5.56 Å². The molecule has 2 rings (SSSR count). The van der Waals surface area contributed by atoms with Crippen molar-refractivity contribution in [3.63, 3.8) is 0 Å². The van der Waals surface area contributed by atoms with E-state index in [2.05, 4.69) is 5.32 Å². The molecule has 5 nitrogen and oxygen atoms in total. The zero-order valence-corrected chi connectivity index (χ0v) is 20.0. The molecule has 196 valence electrons. The fourth-order valence-electron chi connectivity index (χ4n) is 3.11. The number of aryl methyl sites for hydroxylation is 1. The third-order valence-corrected chi connectivity index (χ3v) is 4.78. The maximum atomic E-state index is 13.5. The minimum absolute atomic E-state index is 0.176. The number of halogens is 6. The second-order valence-corrected chi connectivity index (χ2v) is 8.98. The van der Waals surface area contributed by atoms with Gasteiger partial charge in [0.1, 0.15) is 5.60 Å². The van der Waals surface area contributed by atoms with Crippen LogP contribution in [0.3, 0.4) is 0 Å². The first-order valence-corrected chi connectivity index (χ1v) is 10.7. The van der Waals surface area contributed by atoms with E-state index in [0.29, 0.717) is 17.7 Å². The molecule has 2 aromatic carbocycles. The molecule has 0 aromatic heterocycles. The summed E-state index contributed by atoms with van der Waals surface area (Å²) >= 11 is 0. The number of alkyl carbamates (subject to hydrolysis) is 1. The van der Waals surface area contributed by atoms with Crippen LogP contribution in [0.5, 0.6) is 0 Å². The van der Waals surface area contributed by atoms with Crippen LogP contribution < -0.4 is 10.6 Å². The van der Waals surface area contributed by atoms with E-state index in [4.69, 9.17) is 4.74 Å². The molecule has 11 heteroatoms. The van der Waals surface area contributed by atoms with E-state index in [1.807, 2.05) is 0 Å². The predicted molar refractivity (Wildman–Crippen MR) is 122 cm³/mol. The number of benzene rings is 2. The van der Waals surface area contributed by atoms with Gasteiger partial charge >= 0.3 is 18.4 Å². The van der Waals surface area contributed by atoms with E-state index in [1.54, 1.807) is 51.2 Å². The van der Waals surface area contributed by atoms with E-state index in [-0.39, 0.29) is 6.54 Å². The molecule has 0 bridgehead atoms. The van der Waals surface area contributed by atoms with Gasteiger partial charge in [-0.05, 0) is 68.2 Å². The third-order valence-electron chi connectivity index (χ3n) is 4.78. The van der Waals surface area contributed by atoms with Gasteiger partial charge in [-0.2, -0.15) is 26.3 Å². The lowest BCUT2D eigenvalue weighted by atomic mass is 10.0. The molecule has 0 radical (unpaired) electrons. The smallest absolute Gasteiger partial charge is 0.416 e. The van der Waals surface area contributed by atoms with Crippen molar-refractivity contribution in [1.29, 1.82) is 0 Å². The fourth-order valence-corrected chi connectivity index (χ4v) is 3.11. The molecule has 0 aliphatic rings. The Morgan fingerprint density at radius 1 is 1.00 bits per heavy atom. The lowest BCUT2D eigenvalue weighted by Crippen LogP contribution is -2.37. The maximum absolute atomic E-state index is 13.5. The van der Waals surface area contributed by atoms with Crippen LogP contribution in [0.1, 0.15) is 54.6 Å². The van der Waals surface area contributed by atoms with Crippen LogP contribution in [-0.4, -0.2) is 23.8 Å². The second-order valence-electron chi connectivity index (χ2n) is 8.98. The average molecular weight is 516 g/mol. The molecule has 1 atom stereocenters. The maximum Gasteiger partial charge on any atom is 0.416 e. The number of hydrogen-bond donors (Lipinski definition) is 2. The van der Waals surface area contributed by atoms with Crippen molar-refractivity contribution in [3.8, 4) is 0 Å². The Morgan fingerprint density at radius 2 is 1.67 bits per heavy atom. The number of amides is 2. The number of nitrogens with one attached hydrogen (secondary N) is 2. The van der Waals surface area contributed by atoms with Gasteiger partial charge in [-0.1, -0.05) is 30.3 Å². The summed E-state index contributed by atoms with van der Waals surface area (Å²) in [7, 11) is 0. The molecule has 0 saturated carbocycles. The lowest BCUT2D eigenvalue weighted by Gasteiger charge is -2.22. The zero-order chi connectivity index (χ0) is 27.3. The Morgan fingerprint density at radius 3 is 2.22 bits per heavy atom. The van der Waals surface area contributed by atoms with Crippen molar-refractivity contribution in [2.24, 2.45) is 0 Å². The fraction of sp³-hybridized carbons (Fsp3) is 0.360. The van der Waals surface area contributed by atoms with Gasteiger partial charge in [-0.3, -0.25) is 4.79 Å². The van der Waals surface area contributed by atoms with Crippen molar-refractivity contribution in [2.75, 3.05) is 0 Å². The second kappa shape index (κ2) is 11.0. The molecule has 0 heterocycles. The van der Waals surface area contributed by atoms with Crippen molar-refractivity contribution in [3.05, 3.63) is 76.4 Å². The number of hydrogen-bond acceptors (Lipinski definition) is 3. The van der Waals surface area contributed by atoms with Gasteiger partial charge in [0.25, 0.3) is 0 Å². The number of rotatable bonds is 6. The van der Waals surface area contributed by atoms with Gasteiger partial charge in [0.2, 0.25) is 5.91 Å². The van der Waals surface area contributed by atoms with Crippen molar-refractivity contribution in [1.82, 2.24) is 10.6 Å². The SMILES string of the molecule is Cc1cc(/C=C/C(=O)NC(c2cccc(C(F)(F)F)c2)C(F)(F)F)ccc1CNC(=O)OC(C)(C)C. The topological polar surface area (TPSA) is 67.4 Å². The number of ether oxygens (including phenoxy) is 1. The minimum atomic E-state index is -5.02. The largest absolute Gasteiger partial charge is 0.444 e. The summed E-state index contributed by atoms with van der Waals surface area (Å²) in [6.45, 7) is 7.11. The Hall–Kier alpha value is -3.50. The molecule has 0 aliphatic heterocycles. The summed E-state index contributed by atoms with van der Waals surface area (Å²) in [5.74, 6) is -1.14. The molecule has 2 aromatic rings. The predicted octanol–water partition coefficient (Wildman–Crippen LogP) is 6.47. The van der Waals surface area contributed by atoms with Crippen LogP contribution in [0.4, 0.5) is 31.1 Å². The van der Waals surface area contributed by atoms with Gasteiger partial charge in [-0.25, -0.2) is 4.79 Å². The molecule has 2 N–H and O–H groups in total. The van der Waals surface area contributed by atoms with Crippen LogP contribution in [0.2, 0.25) is 0 Å². The van der Waals surface area contributed by atoms with Gasteiger partial charge in [0, 0.05) is 12.6 Å². The quantitative estimate of drug-likeness (QED) is 0.342. The van der Waals surface area contributed by atoms with Gasteiger partial charge in [0.15, 0.2) is 6.04 Å². The first-order valence-electron chi connectivity index (χ1n) is 10.7. The molecule has 2 amide bonds. The molecule has 0 aliphatic carbocycles. The summed E-state index contributed by atoms with van der Waals surface area (Å²) < 4.78 is 84.4. The summed E-state index contributed by atoms with van der Waals surface area (Å²) in [6, 6.07) is 5.02. The van der Waals surface area contributed by atoms with Crippen molar-refractivity contribution >= 4 is 18.1 Å². The number of carbonyl (C=O) groups is 2.